The summed E-state index contributed by atoms with van der Waals surface area (Å²) in [5.74, 6) is 0.500. The Morgan fingerprint density at radius 1 is 1.33 bits per heavy atom. The predicted octanol–water partition coefficient (Wildman–Crippen LogP) is 2.33. The number of fused-ring (bicyclic) bond motifs is 2. The van der Waals surface area contributed by atoms with Crippen LogP contribution in [0.25, 0.3) is 6.08 Å². The molecular weight excluding hydrogens is 287 g/mol. The maximum atomic E-state index is 6.08. The molecule has 0 spiro atoms. The molecule has 1 atom stereocenters. The highest BCUT2D eigenvalue weighted by Crippen LogP contribution is 2.24. The predicted molar refractivity (Wildman–Crippen MR) is 78.8 cm³/mol. The van der Waals surface area contributed by atoms with E-state index < -0.39 is 0 Å². The Bertz CT molecular complexity index is 679. The van der Waals surface area contributed by atoms with E-state index in [0.717, 1.165) is 21.7 Å². The maximum Gasteiger partial charge on any atom is 0.125 e. The van der Waals surface area contributed by atoms with Gasteiger partial charge in [-0.15, -0.1) is 35.3 Å². The molecule has 0 fully saturated rings. The Morgan fingerprint density at radius 3 is 2.94 bits per heavy atom. The molecule has 2 aromatic rings. The van der Waals surface area contributed by atoms with Crippen molar-refractivity contribution in [3.05, 3.63) is 56.2 Å². The summed E-state index contributed by atoms with van der Waals surface area (Å²) in [4.78, 5) is 5.75. The zero-order chi connectivity index (χ0) is 11.8. The molecule has 0 aliphatic carbocycles. The topological polar surface area (TPSA) is 38.4 Å². The number of benzene rings is 1. The fourth-order valence-corrected chi connectivity index (χ4v) is 3.01. The minimum atomic E-state index is -0.278. The van der Waals surface area contributed by atoms with Crippen LogP contribution in [0.1, 0.15) is 22.2 Å². The van der Waals surface area contributed by atoms with E-state index >= 15 is 0 Å². The van der Waals surface area contributed by atoms with Crippen LogP contribution in [0.5, 0.6) is 0 Å². The van der Waals surface area contributed by atoms with Gasteiger partial charge in [0, 0.05) is 21.5 Å². The van der Waals surface area contributed by atoms with Crippen LogP contribution < -0.4 is 16.3 Å². The summed E-state index contributed by atoms with van der Waals surface area (Å²) in [6, 6.07) is 8.13. The van der Waals surface area contributed by atoms with Crippen LogP contribution in [0.15, 0.2) is 34.6 Å². The van der Waals surface area contributed by atoms with Gasteiger partial charge < -0.3 is 5.73 Å². The quantitative estimate of drug-likeness (QED) is 0.806. The number of nitrogens with zero attached hydrogens (tertiary/aromatic N) is 1. The molecule has 18 heavy (non-hydrogen) atoms. The molecule has 1 aromatic carbocycles. The lowest BCUT2D eigenvalue weighted by Gasteiger charge is -2.03. The summed E-state index contributed by atoms with van der Waals surface area (Å²) >= 11 is 7.53. The van der Waals surface area contributed by atoms with Crippen molar-refractivity contribution in [1.29, 1.82) is 0 Å². The molecule has 0 saturated heterocycles. The largest absolute Gasteiger partial charge is 0.306 e. The summed E-state index contributed by atoms with van der Waals surface area (Å²) in [5.41, 5.74) is 8.25. The zero-order valence-corrected chi connectivity index (χ0v) is 11.9. The molecule has 1 aliphatic rings. The molecule has 2 N–H and O–H groups in total. The van der Waals surface area contributed by atoms with E-state index in [9.17, 15) is 0 Å². The third kappa shape index (κ3) is 2.31. The zero-order valence-electron chi connectivity index (χ0n) is 9.47. The molecule has 0 saturated carbocycles. The first-order valence-electron chi connectivity index (χ1n) is 5.35. The second-order valence-electron chi connectivity index (χ2n) is 3.99. The molecule has 1 unspecified atom stereocenters. The second kappa shape index (κ2) is 5.41. The van der Waals surface area contributed by atoms with E-state index in [4.69, 9.17) is 17.3 Å². The van der Waals surface area contributed by atoms with Crippen LogP contribution in [0.4, 0.5) is 0 Å². The Labute approximate surface area is 120 Å². The van der Waals surface area contributed by atoms with Crippen molar-refractivity contribution in [3.63, 3.8) is 0 Å². The number of alkyl halides is 1. The first kappa shape index (κ1) is 13.6. The minimum Gasteiger partial charge on any atom is -0.306 e. The molecule has 94 valence electrons. The van der Waals surface area contributed by atoms with E-state index in [1.807, 2.05) is 18.2 Å². The normalized spacial score (nSPS) is 16.4. The molecular formula is C13H12Cl2N2S. The Balaban J connectivity index is 0.00000120. The van der Waals surface area contributed by atoms with Crippen molar-refractivity contribution in [3.8, 4) is 0 Å². The van der Waals surface area contributed by atoms with E-state index in [0.29, 0.717) is 5.88 Å². The lowest BCUT2D eigenvalue weighted by Crippen LogP contribution is -2.26. The van der Waals surface area contributed by atoms with Gasteiger partial charge in [-0.3, -0.25) is 4.99 Å². The number of rotatable bonds is 1. The van der Waals surface area contributed by atoms with Crippen LogP contribution in [0.3, 0.4) is 0 Å². The number of nitrogens with two attached hydrogens (primary N) is 1. The standard InChI is InChI=1S/C13H11ClN2S.ClH/c14-7-8-1-2-9-6-12-10(3-4-17-12)13(15)16-11(9)5-8;/h1-6,13H,7,15H2;1H. The van der Waals surface area contributed by atoms with Crippen molar-refractivity contribution in [2.24, 2.45) is 10.7 Å². The van der Waals surface area contributed by atoms with Gasteiger partial charge in [0.25, 0.3) is 0 Å². The van der Waals surface area contributed by atoms with Gasteiger partial charge in [0.15, 0.2) is 0 Å². The van der Waals surface area contributed by atoms with Gasteiger partial charge in [-0.25, -0.2) is 0 Å². The van der Waals surface area contributed by atoms with Crippen molar-refractivity contribution < 1.29 is 0 Å². The van der Waals surface area contributed by atoms with Gasteiger partial charge in [-0.1, -0.05) is 12.1 Å². The van der Waals surface area contributed by atoms with Crippen LogP contribution in [0.2, 0.25) is 0 Å². The van der Waals surface area contributed by atoms with E-state index in [1.54, 1.807) is 11.3 Å². The van der Waals surface area contributed by atoms with Crippen LogP contribution >= 0.6 is 35.3 Å². The number of hydrogen-bond acceptors (Lipinski definition) is 3. The first-order chi connectivity index (χ1) is 8.28. The molecule has 5 heteroatoms. The number of halogens is 2. The Hall–Kier alpha value is -0.870. The summed E-state index contributed by atoms with van der Waals surface area (Å²) in [7, 11) is 0. The molecule has 0 radical (unpaired) electrons. The van der Waals surface area contributed by atoms with E-state index in [1.165, 1.54) is 4.88 Å². The average molecular weight is 299 g/mol. The van der Waals surface area contributed by atoms with Gasteiger partial charge in [0.2, 0.25) is 0 Å². The molecule has 2 nitrogen and oxygen atoms in total. The summed E-state index contributed by atoms with van der Waals surface area (Å²) < 4.78 is 0. The molecule has 2 heterocycles. The smallest absolute Gasteiger partial charge is 0.125 e. The lowest BCUT2D eigenvalue weighted by atomic mass is 10.2. The van der Waals surface area contributed by atoms with Crippen molar-refractivity contribution in [2.75, 3.05) is 0 Å². The third-order valence-electron chi connectivity index (χ3n) is 2.86. The van der Waals surface area contributed by atoms with Crippen molar-refractivity contribution >= 4 is 41.4 Å². The summed E-state index contributed by atoms with van der Waals surface area (Å²) in [5, 5.41) is 4.09. The molecule has 0 amide bonds. The summed E-state index contributed by atoms with van der Waals surface area (Å²) in [6.07, 6.45) is 1.86. The van der Waals surface area contributed by atoms with Crippen LogP contribution in [0, 0.1) is 0 Å². The fraction of sp³-hybridized carbons (Fsp3) is 0.154. The molecule has 3 rings (SSSR count). The molecule has 1 aromatic heterocycles. The Kier molecular flexibility index (Phi) is 4.07. The minimum absolute atomic E-state index is 0. The van der Waals surface area contributed by atoms with E-state index in [-0.39, 0.29) is 18.6 Å². The third-order valence-corrected chi connectivity index (χ3v) is 4.05. The second-order valence-corrected chi connectivity index (χ2v) is 5.20. The van der Waals surface area contributed by atoms with Gasteiger partial charge >= 0.3 is 0 Å². The van der Waals surface area contributed by atoms with Gasteiger partial charge in [0.1, 0.15) is 6.17 Å². The van der Waals surface area contributed by atoms with Crippen molar-refractivity contribution in [2.45, 2.75) is 12.0 Å². The van der Waals surface area contributed by atoms with Gasteiger partial charge in [0.05, 0.1) is 5.36 Å². The molecule has 1 aliphatic heterocycles. The van der Waals surface area contributed by atoms with Gasteiger partial charge in [-0.05, 0) is 29.2 Å². The fourth-order valence-electron chi connectivity index (χ4n) is 1.96. The Morgan fingerprint density at radius 2 is 2.17 bits per heavy atom. The highest BCUT2D eigenvalue weighted by molar-refractivity contribution is 7.11. The molecule has 0 bridgehead atoms. The summed E-state index contributed by atoms with van der Waals surface area (Å²) in [6.45, 7) is 0. The van der Waals surface area contributed by atoms with Crippen LogP contribution in [-0.2, 0) is 5.88 Å². The SMILES string of the molecule is Cl.NC1N=c2cc(CCl)ccc2=Cc2sccc21. The number of hydrogen-bond donors (Lipinski definition) is 1. The monoisotopic (exact) mass is 298 g/mol. The lowest BCUT2D eigenvalue weighted by molar-refractivity contribution is 0.752. The highest BCUT2D eigenvalue weighted by atomic mass is 35.5. The van der Waals surface area contributed by atoms with Crippen molar-refractivity contribution in [1.82, 2.24) is 0 Å². The number of thiophene rings is 1. The van der Waals surface area contributed by atoms with E-state index in [2.05, 4.69) is 22.5 Å². The maximum absolute atomic E-state index is 6.08. The first-order valence-corrected chi connectivity index (χ1v) is 6.77. The van der Waals surface area contributed by atoms with Gasteiger partial charge in [-0.2, -0.15) is 0 Å². The average Bonchev–Trinajstić information content (AvgIpc) is 2.75. The van der Waals surface area contributed by atoms with Crippen LogP contribution in [-0.4, -0.2) is 0 Å². The highest BCUT2D eigenvalue weighted by Gasteiger charge is 2.12.